The third-order valence-corrected chi connectivity index (χ3v) is 6.27. The number of nitrogens with zero attached hydrogens (tertiary/aromatic N) is 2. The Morgan fingerprint density at radius 1 is 1.21 bits per heavy atom. The fourth-order valence-corrected chi connectivity index (χ4v) is 4.83. The van der Waals surface area contributed by atoms with Crippen LogP contribution in [0.15, 0.2) is 55.8 Å². The molecular formula is C24H24N2O6S. The normalized spacial score (nSPS) is 15.8. The largest absolute Gasteiger partial charge is 0.497 e. The molecule has 8 nitrogen and oxygen atoms in total. The zero-order chi connectivity index (χ0) is 23.7. The molecule has 0 fully saturated rings. The molecule has 0 bridgehead atoms. The van der Waals surface area contributed by atoms with Gasteiger partial charge in [-0.25, -0.2) is 9.79 Å². The van der Waals surface area contributed by atoms with E-state index in [0.717, 1.165) is 5.76 Å². The maximum Gasteiger partial charge on any atom is 0.338 e. The van der Waals surface area contributed by atoms with Crippen molar-refractivity contribution in [3.63, 3.8) is 0 Å². The van der Waals surface area contributed by atoms with E-state index in [-0.39, 0.29) is 17.7 Å². The van der Waals surface area contributed by atoms with Crippen LogP contribution >= 0.6 is 11.3 Å². The van der Waals surface area contributed by atoms with Crippen molar-refractivity contribution in [2.24, 2.45) is 4.99 Å². The van der Waals surface area contributed by atoms with Gasteiger partial charge < -0.3 is 18.6 Å². The van der Waals surface area contributed by atoms with Gasteiger partial charge in [0.1, 0.15) is 29.1 Å². The lowest BCUT2D eigenvalue weighted by molar-refractivity contribution is -0.139. The number of allylic oxidation sites excluding steroid dienone is 1. The van der Waals surface area contributed by atoms with Crippen molar-refractivity contribution in [1.29, 1.82) is 0 Å². The molecule has 9 heteroatoms. The highest BCUT2D eigenvalue weighted by Gasteiger charge is 2.35. The Bertz CT molecular complexity index is 1430. The van der Waals surface area contributed by atoms with Gasteiger partial charge in [-0.15, -0.1) is 0 Å². The van der Waals surface area contributed by atoms with Gasteiger partial charge >= 0.3 is 5.97 Å². The number of hydrogen-bond donors (Lipinski definition) is 0. The molecule has 2 aromatic heterocycles. The number of aryl methyl sites for hydroxylation is 1. The molecule has 3 aromatic rings. The lowest BCUT2D eigenvalue weighted by atomic mass is 9.95. The smallest absolute Gasteiger partial charge is 0.338 e. The van der Waals surface area contributed by atoms with Crippen LogP contribution in [0.3, 0.4) is 0 Å². The Balaban J connectivity index is 2.02. The summed E-state index contributed by atoms with van der Waals surface area (Å²) in [5, 5.41) is 0. The van der Waals surface area contributed by atoms with Crippen LogP contribution in [0, 0.1) is 6.92 Å². The average molecular weight is 469 g/mol. The first-order chi connectivity index (χ1) is 15.9. The maximum absolute atomic E-state index is 13.6. The number of aromatic nitrogens is 1. The van der Waals surface area contributed by atoms with Gasteiger partial charge in [0.05, 0.1) is 36.6 Å². The van der Waals surface area contributed by atoms with Gasteiger partial charge in [0, 0.05) is 11.6 Å². The SMILES string of the molecule is CCOC(=O)C1=C(C)N=c2s/c(=C/c3ccc(C)o3)c(=O)n2[C@@H]1c1cc(OC)ccc1OC. The van der Waals surface area contributed by atoms with Crippen molar-refractivity contribution in [2.45, 2.75) is 26.8 Å². The van der Waals surface area contributed by atoms with Crippen molar-refractivity contribution in [1.82, 2.24) is 4.57 Å². The number of rotatable bonds is 6. The monoisotopic (exact) mass is 468 g/mol. The highest BCUT2D eigenvalue weighted by Crippen LogP contribution is 2.37. The second-order valence-corrected chi connectivity index (χ2v) is 8.37. The van der Waals surface area contributed by atoms with Gasteiger partial charge in [0.2, 0.25) is 0 Å². The van der Waals surface area contributed by atoms with E-state index in [4.69, 9.17) is 18.6 Å². The van der Waals surface area contributed by atoms with E-state index in [1.807, 2.05) is 13.0 Å². The second kappa shape index (κ2) is 9.11. The number of carbonyl (C=O) groups is 1. The fraction of sp³-hybridized carbons (Fsp3) is 0.292. The first-order valence-electron chi connectivity index (χ1n) is 10.4. The third kappa shape index (κ3) is 4.11. The number of benzene rings is 1. The number of fused-ring (bicyclic) bond motifs is 1. The number of esters is 1. The van der Waals surface area contributed by atoms with Crippen LogP contribution in [-0.4, -0.2) is 31.4 Å². The fourth-order valence-electron chi connectivity index (χ4n) is 3.80. The van der Waals surface area contributed by atoms with E-state index in [1.54, 1.807) is 51.3 Å². The lowest BCUT2D eigenvalue weighted by Crippen LogP contribution is -2.40. The minimum atomic E-state index is -0.800. The predicted molar refractivity (Wildman–Crippen MR) is 123 cm³/mol. The molecule has 0 saturated heterocycles. The lowest BCUT2D eigenvalue weighted by Gasteiger charge is -2.26. The van der Waals surface area contributed by atoms with Crippen molar-refractivity contribution in [3.05, 3.63) is 78.4 Å². The van der Waals surface area contributed by atoms with Crippen LogP contribution in [0.2, 0.25) is 0 Å². The Labute approximate surface area is 194 Å². The summed E-state index contributed by atoms with van der Waals surface area (Å²) < 4.78 is 23.9. The molecule has 1 aromatic carbocycles. The number of carbonyl (C=O) groups excluding carboxylic acids is 1. The summed E-state index contributed by atoms with van der Waals surface area (Å²) in [6, 6.07) is 8.08. The van der Waals surface area contributed by atoms with E-state index >= 15 is 0 Å². The van der Waals surface area contributed by atoms with Gasteiger partial charge in [-0.3, -0.25) is 9.36 Å². The van der Waals surface area contributed by atoms with Crippen LogP contribution in [0.25, 0.3) is 6.08 Å². The van der Waals surface area contributed by atoms with E-state index in [0.29, 0.717) is 37.9 Å². The molecule has 0 saturated carbocycles. The molecule has 0 N–H and O–H groups in total. The summed E-state index contributed by atoms with van der Waals surface area (Å²) in [5.74, 6) is 1.85. The molecule has 33 heavy (non-hydrogen) atoms. The molecule has 0 radical (unpaired) electrons. The Hall–Kier alpha value is -3.59. The first-order valence-corrected chi connectivity index (χ1v) is 11.2. The first kappa shape index (κ1) is 22.6. The third-order valence-electron chi connectivity index (χ3n) is 5.28. The highest BCUT2D eigenvalue weighted by atomic mass is 32.1. The van der Waals surface area contributed by atoms with E-state index < -0.39 is 12.0 Å². The quantitative estimate of drug-likeness (QED) is 0.517. The summed E-state index contributed by atoms with van der Waals surface area (Å²) >= 11 is 1.23. The van der Waals surface area contributed by atoms with Crippen LogP contribution in [0.5, 0.6) is 11.5 Å². The number of thiazole rings is 1. The standard InChI is InChI=1S/C24H24N2O6S/c1-6-31-23(28)20-14(3)25-24-26(21(20)17-11-15(29-4)9-10-18(17)30-5)22(27)19(33-24)12-16-8-7-13(2)32-16/h7-12,21H,6H2,1-5H3/b19-12+/t21-/m1/s1. The maximum atomic E-state index is 13.6. The molecule has 1 aliphatic heterocycles. The summed E-state index contributed by atoms with van der Waals surface area (Å²) in [6.07, 6.45) is 1.68. The predicted octanol–water partition coefficient (Wildman–Crippen LogP) is 2.72. The molecule has 0 spiro atoms. The molecule has 1 atom stereocenters. The van der Waals surface area contributed by atoms with E-state index in [9.17, 15) is 9.59 Å². The number of hydrogen-bond acceptors (Lipinski definition) is 8. The van der Waals surface area contributed by atoms with Crippen LogP contribution in [0.4, 0.5) is 0 Å². The minimum absolute atomic E-state index is 0.194. The van der Waals surface area contributed by atoms with Crippen LogP contribution in [-0.2, 0) is 9.53 Å². The molecule has 1 aliphatic rings. The summed E-state index contributed by atoms with van der Waals surface area (Å²) in [5.41, 5.74) is 1.05. The molecular weight excluding hydrogens is 444 g/mol. The van der Waals surface area contributed by atoms with Crippen molar-refractivity contribution in [3.8, 4) is 11.5 Å². The Morgan fingerprint density at radius 2 is 2.00 bits per heavy atom. The van der Waals surface area contributed by atoms with Gasteiger partial charge in [0.25, 0.3) is 5.56 Å². The molecule has 172 valence electrons. The molecule has 3 heterocycles. The molecule has 0 aliphatic carbocycles. The van der Waals surface area contributed by atoms with Gasteiger partial charge in [0.15, 0.2) is 4.80 Å². The van der Waals surface area contributed by atoms with Gasteiger partial charge in [-0.05, 0) is 51.1 Å². The van der Waals surface area contributed by atoms with E-state index in [1.165, 1.54) is 23.0 Å². The van der Waals surface area contributed by atoms with Gasteiger partial charge in [-0.1, -0.05) is 11.3 Å². The highest BCUT2D eigenvalue weighted by molar-refractivity contribution is 7.07. The number of methoxy groups -OCH3 is 2. The molecule has 4 rings (SSSR count). The Morgan fingerprint density at radius 3 is 2.64 bits per heavy atom. The molecule has 0 unspecified atom stereocenters. The average Bonchev–Trinajstić information content (AvgIpc) is 3.34. The minimum Gasteiger partial charge on any atom is -0.497 e. The van der Waals surface area contributed by atoms with Crippen LogP contribution < -0.4 is 24.4 Å². The van der Waals surface area contributed by atoms with Crippen molar-refractivity contribution in [2.75, 3.05) is 20.8 Å². The molecule has 0 amide bonds. The Kier molecular flexibility index (Phi) is 6.24. The zero-order valence-electron chi connectivity index (χ0n) is 19.0. The second-order valence-electron chi connectivity index (χ2n) is 7.36. The summed E-state index contributed by atoms with van der Waals surface area (Å²) in [7, 11) is 3.09. The topological polar surface area (TPSA) is 92.3 Å². The number of furan rings is 1. The van der Waals surface area contributed by atoms with Crippen molar-refractivity contribution < 1.29 is 23.4 Å². The number of ether oxygens (including phenoxy) is 3. The van der Waals surface area contributed by atoms with Gasteiger partial charge in [-0.2, -0.15) is 0 Å². The van der Waals surface area contributed by atoms with E-state index in [2.05, 4.69) is 4.99 Å². The van der Waals surface area contributed by atoms with Crippen LogP contribution in [0.1, 0.15) is 37.0 Å². The summed E-state index contributed by atoms with van der Waals surface area (Å²) in [4.78, 5) is 31.6. The summed E-state index contributed by atoms with van der Waals surface area (Å²) in [6.45, 7) is 5.50. The zero-order valence-corrected chi connectivity index (χ0v) is 19.8. The van der Waals surface area contributed by atoms with Crippen molar-refractivity contribution >= 4 is 23.4 Å².